The van der Waals surface area contributed by atoms with E-state index in [1.807, 2.05) is 0 Å². The molecule has 0 unspecified atom stereocenters. The van der Waals surface area contributed by atoms with Crippen LogP contribution in [-0.4, -0.2) is 47.1 Å². The van der Waals surface area contributed by atoms with Crippen molar-refractivity contribution in [3.05, 3.63) is 16.1 Å². The monoisotopic (exact) mass is 267 g/mol. The number of aromatic carboxylic acids is 1. The van der Waals surface area contributed by atoms with Crippen molar-refractivity contribution >= 4 is 23.3 Å². The number of rotatable bonds is 5. The Labute approximate surface area is 109 Å². The Kier molecular flexibility index (Phi) is 5.14. The standard InChI is InChI=1S/C11H13N3O3S/c1-3-6-14(2)11(17)12-5-4-9-13-8(7-18-9)10(15)16/h1,7H,4-6H2,2H3,(H,12,17)(H,15,16). The van der Waals surface area contributed by atoms with Gasteiger partial charge in [0.1, 0.15) is 0 Å². The maximum Gasteiger partial charge on any atom is 0.355 e. The number of thiazole rings is 1. The lowest BCUT2D eigenvalue weighted by molar-refractivity contribution is 0.0691. The van der Waals surface area contributed by atoms with E-state index in [1.165, 1.54) is 21.6 Å². The highest BCUT2D eigenvalue weighted by Gasteiger charge is 2.09. The topological polar surface area (TPSA) is 82.5 Å². The number of carbonyl (C=O) groups excluding carboxylic acids is 1. The molecule has 0 aliphatic heterocycles. The summed E-state index contributed by atoms with van der Waals surface area (Å²) in [6, 6.07) is -0.261. The predicted octanol–water partition coefficient (Wildman–Crippen LogP) is 0.658. The summed E-state index contributed by atoms with van der Waals surface area (Å²) >= 11 is 1.26. The summed E-state index contributed by atoms with van der Waals surface area (Å²) in [7, 11) is 1.60. The Morgan fingerprint density at radius 2 is 2.39 bits per heavy atom. The summed E-state index contributed by atoms with van der Waals surface area (Å²) < 4.78 is 0. The van der Waals surface area contributed by atoms with Gasteiger partial charge in [0.15, 0.2) is 5.69 Å². The lowest BCUT2D eigenvalue weighted by Gasteiger charge is -2.14. The van der Waals surface area contributed by atoms with Crippen LogP contribution in [-0.2, 0) is 6.42 Å². The van der Waals surface area contributed by atoms with Gasteiger partial charge in [-0.3, -0.25) is 0 Å². The molecule has 1 aromatic heterocycles. The van der Waals surface area contributed by atoms with Crippen molar-refractivity contribution < 1.29 is 14.7 Å². The Balaban J connectivity index is 2.35. The molecule has 0 atom stereocenters. The molecular weight excluding hydrogens is 254 g/mol. The third kappa shape index (κ3) is 4.07. The van der Waals surface area contributed by atoms with Crippen molar-refractivity contribution in [1.29, 1.82) is 0 Å². The van der Waals surface area contributed by atoms with Gasteiger partial charge >= 0.3 is 12.0 Å². The van der Waals surface area contributed by atoms with Crippen LogP contribution in [0.25, 0.3) is 0 Å². The van der Waals surface area contributed by atoms with E-state index in [2.05, 4.69) is 16.2 Å². The number of terminal acetylenes is 1. The molecule has 0 bridgehead atoms. The van der Waals surface area contributed by atoms with E-state index in [9.17, 15) is 9.59 Å². The molecule has 96 valence electrons. The fraction of sp³-hybridized carbons (Fsp3) is 0.364. The van der Waals surface area contributed by atoms with Gasteiger partial charge in [-0.15, -0.1) is 17.8 Å². The van der Waals surface area contributed by atoms with Crippen LogP contribution in [0.3, 0.4) is 0 Å². The molecule has 18 heavy (non-hydrogen) atoms. The highest BCUT2D eigenvalue weighted by Crippen LogP contribution is 2.09. The Morgan fingerprint density at radius 3 is 2.94 bits per heavy atom. The molecular formula is C11H13N3O3S. The zero-order valence-corrected chi connectivity index (χ0v) is 10.7. The first-order chi connectivity index (χ1) is 8.54. The minimum Gasteiger partial charge on any atom is -0.476 e. The average Bonchev–Trinajstić information content (AvgIpc) is 2.78. The number of hydrogen-bond donors (Lipinski definition) is 2. The summed E-state index contributed by atoms with van der Waals surface area (Å²) in [5.41, 5.74) is 0.0331. The van der Waals surface area contributed by atoms with Gasteiger partial charge in [0.05, 0.1) is 11.6 Å². The molecule has 2 N–H and O–H groups in total. The lowest BCUT2D eigenvalue weighted by Crippen LogP contribution is -2.38. The van der Waals surface area contributed by atoms with Gasteiger partial charge in [-0.2, -0.15) is 0 Å². The summed E-state index contributed by atoms with van der Waals surface area (Å²) in [6.07, 6.45) is 5.58. The summed E-state index contributed by atoms with van der Waals surface area (Å²) in [6.45, 7) is 0.632. The number of hydrogen-bond acceptors (Lipinski definition) is 4. The molecule has 6 nitrogen and oxygen atoms in total. The van der Waals surface area contributed by atoms with Crippen LogP contribution in [0.1, 0.15) is 15.5 Å². The Morgan fingerprint density at radius 1 is 1.67 bits per heavy atom. The highest BCUT2D eigenvalue weighted by molar-refractivity contribution is 7.09. The third-order valence-electron chi connectivity index (χ3n) is 2.06. The molecule has 0 spiro atoms. The third-order valence-corrected chi connectivity index (χ3v) is 2.97. The van der Waals surface area contributed by atoms with Crippen LogP contribution in [0.15, 0.2) is 5.38 Å². The molecule has 0 radical (unpaired) electrons. The van der Waals surface area contributed by atoms with Gasteiger partial charge in [-0.05, 0) is 0 Å². The average molecular weight is 267 g/mol. The van der Waals surface area contributed by atoms with Crippen molar-refractivity contribution in [2.45, 2.75) is 6.42 Å². The van der Waals surface area contributed by atoms with E-state index in [1.54, 1.807) is 7.05 Å². The normalized spacial score (nSPS) is 9.56. The molecule has 0 aliphatic rings. The number of carboxylic acids is 1. The van der Waals surface area contributed by atoms with Gasteiger partial charge in [-0.25, -0.2) is 14.6 Å². The van der Waals surface area contributed by atoms with Crippen molar-refractivity contribution in [2.75, 3.05) is 20.1 Å². The molecule has 0 aliphatic carbocycles. The first-order valence-electron chi connectivity index (χ1n) is 5.14. The number of carboxylic acid groups (broad SMARTS) is 1. The zero-order valence-electron chi connectivity index (χ0n) is 9.84. The highest BCUT2D eigenvalue weighted by atomic mass is 32.1. The molecule has 0 fully saturated rings. The van der Waals surface area contributed by atoms with E-state index in [4.69, 9.17) is 11.5 Å². The number of aromatic nitrogens is 1. The fourth-order valence-corrected chi connectivity index (χ4v) is 1.92. The van der Waals surface area contributed by atoms with Gasteiger partial charge < -0.3 is 15.3 Å². The van der Waals surface area contributed by atoms with E-state index >= 15 is 0 Å². The number of amides is 2. The molecule has 0 saturated heterocycles. The smallest absolute Gasteiger partial charge is 0.355 e. The molecule has 0 aromatic carbocycles. The number of nitrogens with zero attached hydrogens (tertiary/aromatic N) is 2. The maximum atomic E-state index is 11.4. The van der Waals surface area contributed by atoms with E-state index in [0.717, 1.165) is 0 Å². The molecule has 7 heteroatoms. The van der Waals surface area contributed by atoms with Gasteiger partial charge in [0.25, 0.3) is 0 Å². The van der Waals surface area contributed by atoms with E-state index < -0.39 is 5.97 Å². The van der Waals surface area contributed by atoms with Gasteiger partial charge in [-0.1, -0.05) is 5.92 Å². The SMILES string of the molecule is C#CCN(C)C(=O)NCCc1nc(C(=O)O)cs1. The van der Waals surface area contributed by atoms with Crippen molar-refractivity contribution in [3.63, 3.8) is 0 Å². The maximum absolute atomic E-state index is 11.4. The van der Waals surface area contributed by atoms with Crippen molar-refractivity contribution in [3.8, 4) is 12.3 Å². The minimum absolute atomic E-state index is 0.0331. The molecule has 1 aromatic rings. The minimum atomic E-state index is -1.05. The van der Waals surface area contributed by atoms with Crippen LogP contribution in [0.2, 0.25) is 0 Å². The zero-order chi connectivity index (χ0) is 13.5. The fourth-order valence-electron chi connectivity index (χ4n) is 1.14. The van der Waals surface area contributed by atoms with Crippen LogP contribution >= 0.6 is 11.3 Å². The first-order valence-corrected chi connectivity index (χ1v) is 6.02. The second kappa shape index (κ2) is 6.61. The molecule has 1 rings (SSSR count). The molecule has 0 saturated carbocycles. The summed E-state index contributed by atoms with van der Waals surface area (Å²) in [4.78, 5) is 27.3. The molecule has 2 amide bonds. The second-order valence-electron chi connectivity index (χ2n) is 3.47. The van der Waals surface area contributed by atoms with E-state index in [0.29, 0.717) is 18.0 Å². The Bertz CT molecular complexity index is 478. The van der Waals surface area contributed by atoms with Crippen molar-refractivity contribution in [2.24, 2.45) is 0 Å². The van der Waals surface area contributed by atoms with Crippen molar-refractivity contribution in [1.82, 2.24) is 15.2 Å². The summed E-state index contributed by atoms with van der Waals surface area (Å²) in [5, 5.41) is 13.5. The first kappa shape index (κ1) is 14.0. The van der Waals surface area contributed by atoms with Crippen LogP contribution in [0, 0.1) is 12.3 Å². The summed E-state index contributed by atoms with van der Waals surface area (Å²) in [5.74, 6) is 1.32. The Hall–Kier alpha value is -2.07. The predicted molar refractivity (Wildman–Crippen MR) is 67.6 cm³/mol. The number of carbonyl (C=O) groups is 2. The van der Waals surface area contributed by atoms with Gasteiger partial charge in [0, 0.05) is 25.4 Å². The van der Waals surface area contributed by atoms with Crippen LogP contribution in [0.4, 0.5) is 4.79 Å². The van der Waals surface area contributed by atoms with Crippen LogP contribution < -0.4 is 5.32 Å². The largest absolute Gasteiger partial charge is 0.476 e. The number of urea groups is 1. The lowest BCUT2D eigenvalue weighted by atomic mass is 10.4. The van der Waals surface area contributed by atoms with E-state index in [-0.39, 0.29) is 18.3 Å². The van der Waals surface area contributed by atoms with Crippen LogP contribution in [0.5, 0.6) is 0 Å². The second-order valence-corrected chi connectivity index (χ2v) is 4.42. The quantitative estimate of drug-likeness (QED) is 0.768. The van der Waals surface area contributed by atoms with Gasteiger partial charge in [0.2, 0.25) is 0 Å². The molecule has 1 heterocycles. The number of nitrogens with one attached hydrogen (secondary N) is 1.